The van der Waals surface area contributed by atoms with Gasteiger partial charge in [0.05, 0.1) is 18.2 Å². The van der Waals surface area contributed by atoms with Gasteiger partial charge in [-0.25, -0.2) is 0 Å². The van der Waals surface area contributed by atoms with E-state index < -0.39 is 0 Å². The van der Waals surface area contributed by atoms with Gasteiger partial charge in [0, 0.05) is 24.7 Å². The smallest absolute Gasteiger partial charge is 0.239 e. The van der Waals surface area contributed by atoms with Crippen molar-refractivity contribution in [3.05, 3.63) is 29.8 Å². The fourth-order valence-electron chi connectivity index (χ4n) is 2.79. The molecule has 0 aliphatic heterocycles. The van der Waals surface area contributed by atoms with Crippen molar-refractivity contribution in [1.82, 2.24) is 10.6 Å². The summed E-state index contributed by atoms with van der Waals surface area (Å²) in [4.78, 5) is 23.0. The molecule has 2 amide bonds. The lowest BCUT2D eigenvalue weighted by molar-refractivity contribution is -0.121. The van der Waals surface area contributed by atoms with Crippen molar-refractivity contribution < 1.29 is 9.59 Å². The number of nitriles is 1. The predicted molar refractivity (Wildman–Crippen MR) is 87.7 cm³/mol. The van der Waals surface area contributed by atoms with E-state index in [-0.39, 0.29) is 30.4 Å². The zero-order chi connectivity index (χ0) is 16.7. The highest BCUT2D eigenvalue weighted by Gasteiger charge is 2.22. The average molecular weight is 314 g/mol. The monoisotopic (exact) mass is 314 g/mol. The number of hydrogen-bond acceptors (Lipinski definition) is 4. The van der Waals surface area contributed by atoms with Crippen LogP contribution >= 0.6 is 0 Å². The van der Waals surface area contributed by atoms with E-state index in [1.54, 1.807) is 24.3 Å². The van der Waals surface area contributed by atoms with Crippen LogP contribution in [-0.4, -0.2) is 30.4 Å². The molecule has 6 nitrogen and oxygen atoms in total. The largest absolute Gasteiger partial charge is 0.376 e. The predicted octanol–water partition coefficient (Wildman–Crippen LogP) is 1.53. The molecule has 1 fully saturated rings. The van der Waals surface area contributed by atoms with Crippen LogP contribution in [0.25, 0.3) is 0 Å². The van der Waals surface area contributed by atoms with Crippen molar-refractivity contribution in [2.75, 3.05) is 11.9 Å². The van der Waals surface area contributed by atoms with Crippen LogP contribution in [0.5, 0.6) is 0 Å². The lowest BCUT2D eigenvalue weighted by atomic mass is 9.91. The molecule has 23 heavy (non-hydrogen) atoms. The summed E-state index contributed by atoms with van der Waals surface area (Å²) in [5.74, 6) is -0.0403. The molecule has 1 aromatic rings. The summed E-state index contributed by atoms with van der Waals surface area (Å²) < 4.78 is 0. The molecule has 0 bridgehead atoms. The second-order valence-electron chi connectivity index (χ2n) is 5.86. The number of benzene rings is 1. The van der Waals surface area contributed by atoms with E-state index in [0.29, 0.717) is 5.56 Å². The average Bonchev–Trinajstić information content (AvgIpc) is 2.55. The van der Waals surface area contributed by atoms with E-state index in [2.05, 4.69) is 22.0 Å². The van der Waals surface area contributed by atoms with Gasteiger partial charge < -0.3 is 16.0 Å². The van der Waals surface area contributed by atoms with Gasteiger partial charge in [0.1, 0.15) is 0 Å². The molecule has 0 saturated heterocycles. The zero-order valence-electron chi connectivity index (χ0n) is 13.3. The second-order valence-corrected chi connectivity index (χ2v) is 5.86. The van der Waals surface area contributed by atoms with Crippen molar-refractivity contribution in [3.63, 3.8) is 0 Å². The third kappa shape index (κ3) is 5.62. The van der Waals surface area contributed by atoms with Gasteiger partial charge in [0.2, 0.25) is 11.8 Å². The van der Waals surface area contributed by atoms with Crippen molar-refractivity contribution in [2.45, 2.75) is 44.7 Å². The Morgan fingerprint density at radius 1 is 1.09 bits per heavy atom. The van der Waals surface area contributed by atoms with Gasteiger partial charge in [0.25, 0.3) is 0 Å². The van der Waals surface area contributed by atoms with Gasteiger partial charge in [-0.3, -0.25) is 9.59 Å². The minimum Gasteiger partial charge on any atom is -0.376 e. The highest BCUT2D eigenvalue weighted by molar-refractivity contribution is 5.81. The van der Waals surface area contributed by atoms with E-state index in [1.165, 1.54) is 6.92 Å². The first-order valence-electron chi connectivity index (χ1n) is 7.87. The maximum absolute atomic E-state index is 12.0. The van der Waals surface area contributed by atoms with Crippen LogP contribution in [0.3, 0.4) is 0 Å². The van der Waals surface area contributed by atoms with E-state index in [0.717, 1.165) is 31.4 Å². The summed E-state index contributed by atoms with van der Waals surface area (Å²) in [6.07, 6.45) is 3.56. The van der Waals surface area contributed by atoms with E-state index in [1.807, 2.05) is 0 Å². The first kappa shape index (κ1) is 16.8. The molecule has 6 heteroatoms. The number of amides is 2. The number of rotatable bonds is 5. The first-order chi connectivity index (χ1) is 11.1. The Morgan fingerprint density at radius 3 is 2.17 bits per heavy atom. The number of hydrogen-bond donors (Lipinski definition) is 3. The molecule has 122 valence electrons. The molecular formula is C17H22N4O2. The van der Waals surface area contributed by atoms with Crippen LogP contribution in [0.1, 0.15) is 38.2 Å². The Balaban J connectivity index is 1.69. The Bertz CT molecular complexity index is 584. The number of nitrogens with zero attached hydrogens (tertiary/aromatic N) is 1. The molecule has 1 aromatic carbocycles. The highest BCUT2D eigenvalue weighted by Crippen LogP contribution is 2.18. The van der Waals surface area contributed by atoms with Gasteiger partial charge in [-0.1, -0.05) is 0 Å². The summed E-state index contributed by atoms with van der Waals surface area (Å²) >= 11 is 0. The summed E-state index contributed by atoms with van der Waals surface area (Å²) in [5, 5.41) is 17.7. The molecule has 0 aromatic heterocycles. The quantitative estimate of drug-likeness (QED) is 0.768. The van der Waals surface area contributed by atoms with Gasteiger partial charge in [-0.15, -0.1) is 0 Å². The molecule has 0 unspecified atom stereocenters. The van der Waals surface area contributed by atoms with Crippen molar-refractivity contribution >= 4 is 17.5 Å². The van der Waals surface area contributed by atoms with E-state index in [4.69, 9.17) is 5.26 Å². The Labute approximate surface area is 136 Å². The van der Waals surface area contributed by atoms with Gasteiger partial charge in [0.15, 0.2) is 0 Å². The fraction of sp³-hybridized carbons (Fsp3) is 0.471. The topological polar surface area (TPSA) is 94.0 Å². The summed E-state index contributed by atoms with van der Waals surface area (Å²) in [6.45, 7) is 1.74. The van der Waals surface area contributed by atoms with E-state index in [9.17, 15) is 9.59 Å². The fourth-order valence-corrected chi connectivity index (χ4v) is 2.79. The third-order valence-corrected chi connectivity index (χ3v) is 3.97. The van der Waals surface area contributed by atoms with Crippen molar-refractivity contribution in [2.24, 2.45) is 0 Å². The van der Waals surface area contributed by atoms with Crippen LogP contribution in [0.2, 0.25) is 0 Å². The molecule has 0 atom stereocenters. The number of nitrogens with one attached hydrogen (secondary N) is 3. The molecule has 0 spiro atoms. The van der Waals surface area contributed by atoms with Gasteiger partial charge in [-0.2, -0.15) is 5.26 Å². The molecule has 1 aliphatic rings. The van der Waals surface area contributed by atoms with Gasteiger partial charge >= 0.3 is 0 Å². The summed E-state index contributed by atoms with van der Waals surface area (Å²) in [7, 11) is 0. The highest BCUT2D eigenvalue weighted by atomic mass is 16.2. The Hall–Kier alpha value is -2.55. The SMILES string of the molecule is CC(=O)NC1CCC(NC(=O)CNc2ccc(C#N)cc2)CC1. The van der Waals surface area contributed by atoms with Crippen LogP contribution in [0.4, 0.5) is 5.69 Å². The Morgan fingerprint density at radius 2 is 1.65 bits per heavy atom. The molecule has 3 N–H and O–H groups in total. The zero-order valence-corrected chi connectivity index (χ0v) is 13.3. The third-order valence-electron chi connectivity index (χ3n) is 3.97. The standard InChI is InChI=1S/C17H22N4O2/c1-12(22)20-15-6-8-16(9-7-15)21-17(23)11-19-14-4-2-13(10-18)3-5-14/h2-5,15-16,19H,6-9,11H2,1H3,(H,20,22)(H,21,23). The first-order valence-corrected chi connectivity index (χ1v) is 7.87. The Kier molecular flexibility index (Phi) is 5.98. The maximum Gasteiger partial charge on any atom is 0.239 e. The van der Waals surface area contributed by atoms with Crippen LogP contribution in [-0.2, 0) is 9.59 Å². The molecule has 0 heterocycles. The molecule has 2 rings (SSSR count). The van der Waals surface area contributed by atoms with E-state index >= 15 is 0 Å². The maximum atomic E-state index is 12.0. The lowest BCUT2D eigenvalue weighted by Gasteiger charge is -2.29. The molecular weight excluding hydrogens is 292 g/mol. The lowest BCUT2D eigenvalue weighted by Crippen LogP contribution is -2.44. The van der Waals surface area contributed by atoms with Gasteiger partial charge in [-0.05, 0) is 49.9 Å². The minimum atomic E-state index is -0.0441. The number of anilines is 1. The van der Waals surface area contributed by atoms with Crippen LogP contribution < -0.4 is 16.0 Å². The minimum absolute atomic E-state index is 0.00380. The van der Waals surface area contributed by atoms with Crippen LogP contribution in [0.15, 0.2) is 24.3 Å². The van der Waals surface area contributed by atoms with Crippen molar-refractivity contribution in [1.29, 1.82) is 5.26 Å². The number of carbonyl (C=O) groups is 2. The van der Waals surface area contributed by atoms with Crippen LogP contribution in [0, 0.1) is 11.3 Å². The second kappa shape index (κ2) is 8.18. The van der Waals surface area contributed by atoms with Crippen molar-refractivity contribution in [3.8, 4) is 6.07 Å². The molecule has 1 saturated carbocycles. The molecule has 0 radical (unpaired) electrons. The normalized spacial score (nSPS) is 20.2. The summed E-state index contributed by atoms with van der Waals surface area (Å²) in [5.41, 5.74) is 1.41. The number of carbonyl (C=O) groups excluding carboxylic acids is 2. The molecule has 1 aliphatic carbocycles. The summed E-state index contributed by atoms with van der Waals surface area (Å²) in [6, 6.07) is 9.45.